The molecule has 1 aliphatic carbocycles. The summed E-state index contributed by atoms with van der Waals surface area (Å²) in [7, 11) is 1.69. The largest absolute Gasteiger partial charge is 0.493 e. The summed E-state index contributed by atoms with van der Waals surface area (Å²) in [4.78, 5) is 7.34. The first-order valence-corrected chi connectivity index (χ1v) is 11.7. The molecule has 6 nitrogen and oxygen atoms in total. The number of benzene rings is 1. The molecule has 172 valence electrons. The second kappa shape index (κ2) is 11.0. The van der Waals surface area contributed by atoms with Gasteiger partial charge in [-0.2, -0.15) is 0 Å². The van der Waals surface area contributed by atoms with Gasteiger partial charge >= 0.3 is 0 Å². The van der Waals surface area contributed by atoms with Crippen molar-refractivity contribution in [3.63, 3.8) is 0 Å². The molecule has 0 fully saturated rings. The fourth-order valence-corrected chi connectivity index (χ4v) is 4.27. The average Bonchev–Trinajstić information content (AvgIpc) is 3.12. The molecule has 0 amide bonds. The van der Waals surface area contributed by atoms with Crippen LogP contribution in [0.15, 0.2) is 12.1 Å². The number of nitrogens with one attached hydrogen (secondary N) is 1. The Morgan fingerprint density at radius 3 is 2.55 bits per heavy atom. The Hall–Kier alpha value is -2.05. The number of methoxy groups -OCH3 is 1. The number of fused-ring (bicyclic) bond motifs is 2. The highest BCUT2D eigenvalue weighted by molar-refractivity contribution is 5.96. The SMILES string of the molecule is CCN(CC)CCOCCOc1cc2nc3c(c(NC(C)C)c2cc1OC)CC(C)C3. The van der Waals surface area contributed by atoms with E-state index in [0.29, 0.717) is 25.2 Å². The van der Waals surface area contributed by atoms with Crippen molar-refractivity contribution in [1.82, 2.24) is 9.88 Å². The van der Waals surface area contributed by atoms with Crippen molar-refractivity contribution in [2.75, 3.05) is 51.9 Å². The van der Waals surface area contributed by atoms with Gasteiger partial charge in [0.2, 0.25) is 0 Å². The fraction of sp³-hybridized carbons (Fsp3) is 0.640. The van der Waals surface area contributed by atoms with E-state index < -0.39 is 0 Å². The lowest BCUT2D eigenvalue weighted by atomic mass is 10.0. The number of hydrogen-bond acceptors (Lipinski definition) is 6. The van der Waals surface area contributed by atoms with Crippen LogP contribution in [0, 0.1) is 5.92 Å². The van der Waals surface area contributed by atoms with Gasteiger partial charge < -0.3 is 24.4 Å². The van der Waals surface area contributed by atoms with Gasteiger partial charge in [-0.05, 0) is 57.3 Å². The van der Waals surface area contributed by atoms with Crippen molar-refractivity contribution in [3.05, 3.63) is 23.4 Å². The summed E-state index contributed by atoms with van der Waals surface area (Å²) in [6, 6.07) is 4.42. The summed E-state index contributed by atoms with van der Waals surface area (Å²) in [5, 5.41) is 4.76. The molecule has 3 rings (SSSR count). The Kier molecular flexibility index (Phi) is 8.38. The summed E-state index contributed by atoms with van der Waals surface area (Å²) >= 11 is 0. The van der Waals surface area contributed by atoms with E-state index in [9.17, 15) is 0 Å². The highest BCUT2D eigenvalue weighted by Crippen LogP contribution is 2.40. The molecular formula is C25H39N3O3. The van der Waals surface area contributed by atoms with Gasteiger partial charge in [0, 0.05) is 35.4 Å². The average molecular weight is 430 g/mol. The van der Waals surface area contributed by atoms with Crippen LogP contribution in [0.1, 0.15) is 45.9 Å². The van der Waals surface area contributed by atoms with Crippen LogP contribution in [0.5, 0.6) is 11.5 Å². The van der Waals surface area contributed by atoms with Crippen LogP contribution in [0.2, 0.25) is 0 Å². The summed E-state index contributed by atoms with van der Waals surface area (Å²) < 4.78 is 17.5. The van der Waals surface area contributed by atoms with Gasteiger partial charge in [0.05, 0.1) is 25.8 Å². The summed E-state index contributed by atoms with van der Waals surface area (Å²) in [5.41, 5.74) is 4.71. The van der Waals surface area contributed by atoms with Crippen LogP contribution in [-0.2, 0) is 17.6 Å². The zero-order valence-electron chi connectivity index (χ0n) is 20.1. The molecule has 6 heteroatoms. The molecule has 1 unspecified atom stereocenters. The van der Waals surface area contributed by atoms with E-state index >= 15 is 0 Å². The highest BCUT2D eigenvalue weighted by atomic mass is 16.5. The molecule has 0 saturated carbocycles. The molecule has 2 aromatic rings. The van der Waals surface area contributed by atoms with E-state index in [2.05, 4.69) is 50.9 Å². The molecule has 1 N–H and O–H groups in total. The summed E-state index contributed by atoms with van der Waals surface area (Å²) in [5.74, 6) is 2.07. The van der Waals surface area contributed by atoms with Crippen LogP contribution in [0.4, 0.5) is 5.69 Å². The molecule has 0 radical (unpaired) electrons. The zero-order chi connectivity index (χ0) is 22.4. The van der Waals surface area contributed by atoms with Crippen LogP contribution in [0.3, 0.4) is 0 Å². The maximum Gasteiger partial charge on any atom is 0.163 e. The molecule has 0 spiro atoms. The number of likely N-dealkylation sites (N-methyl/N-ethyl adjacent to an activating group) is 1. The van der Waals surface area contributed by atoms with E-state index in [4.69, 9.17) is 19.2 Å². The number of nitrogens with zero attached hydrogens (tertiary/aromatic N) is 2. The molecule has 1 atom stereocenters. The van der Waals surface area contributed by atoms with Gasteiger partial charge in [-0.1, -0.05) is 20.8 Å². The van der Waals surface area contributed by atoms with E-state index in [1.165, 1.54) is 16.9 Å². The lowest BCUT2D eigenvalue weighted by Gasteiger charge is -2.19. The van der Waals surface area contributed by atoms with Crippen molar-refractivity contribution in [3.8, 4) is 11.5 Å². The number of aromatic nitrogens is 1. The Morgan fingerprint density at radius 2 is 1.87 bits per heavy atom. The molecule has 1 aromatic carbocycles. The molecule has 1 aromatic heterocycles. The van der Waals surface area contributed by atoms with Crippen molar-refractivity contribution in [2.45, 2.75) is 53.5 Å². The van der Waals surface area contributed by atoms with E-state index in [1.54, 1.807) is 7.11 Å². The summed E-state index contributed by atoms with van der Waals surface area (Å²) in [6.45, 7) is 15.8. The molecule has 1 aliphatic rings. The quantitative estimate of drug-likeness (QED) is 0.500. The van der Waals surface area contributed by atoms with Gasteiger partial charge in [-0.3, -0.25) is 4.98 Å². The van der Waals surface area contributed by atoms with Gasteiger partial charge in [0.15, 0.2) is 11.5 Å². The molecule has 1 heterocycles. The maximum atomic E-state index is 6.03. The first-order chi connectivity index (χ1) is 15.0. The smallest absolute Gasteiger partial charge is 0.163 e. The van der Waals surface area contributed by atoms with E-state index in [-0.39, 0.29) is 0 Å². The Labute approximate surface area is 187 Å². The zero-order valence-corrected chi connectivity index (χ0v) is 20.1. The standard InChI is InChI=1S/C25H39N3O3/c1-7-28(8-2)9-10-30-11-12-31-24-16-22-20(15-23(24)29-6)25(26-17(3)4)19-13-18(5)14-21(19)27-22/h15-18H,7-14H2,1-6H3,(H,26,27). The van der Waals surface area contributed by atoms with Crippen LogP contribution < -0.4 is 14.8 Å². The number of anilines is 1. The fourth-order valence-electron chi connectivity index (χ4n) is 4.27. The van der Waals surface area contributed by atoms with Crippen molar-refractivity contribution >= 4 is 16.6 Å². The third-order valence-corrected chi connectivity index (χ3v) is 5.92. The first kappa shape index (κ1) is 23.6. The Balaban J connectivity index is 1.75. The lowest BCUT2D eigenvalue weighted by molar-refractivity contribution is 0.0812. The number of ether oxygens (including phenoxy) is 3. The third-order valence-electron chi connectivity index (χ3n) is 5.92. The second-order valence-electron chi connectivity index (χ2n) is 8.73. The van der Waals surface area contributed by atoms with Crippen LogP contribution in [0.25, 0.3) is 10.9 Å². The summed E-state index contributed by atoms with van der Waals surface area (Å²) in [6.07, 6.45) is 2.10. The minimum Gasteiger partial charge on any atom is -0.493 e. The first-order valence-electron chi connectivity index (χ1n) is 11.7. The third kappa shape index (κ3) is 5.80. The second-order valence-corrected chi connectivity index (χ2v) is 8.73. The van der Waals surface area contributed by atoms with Gasteiger partial charge in [0.25, 0.3) is 0 Å². The van der Waals surface area contributed by atoms with Crippen molar-refractivity contribution in [1.29, 1.82) is 0 Å². The van der Waals surface area contributed by atoms with Crippen LogP contribution in [-0.4, -0.2) is 62.5 Å². The Morgan fingerprint density at radius 1 is 1.10 bits per heavy atom. The molecule has 31 heavy (non-hydrogen) atoms. The number of hydrogen-bond donors (Lipinski definition) is 1. The van der Waals surface area contributed by atoms with Gasteiger partial charge in [0.1, 0.15) is 6.61 Å². The van der Waals surface area contributed by atoms with Crippen LogP contribution >= 0.6 is 0 Å². The maximum absolute atomic E-state index is 6.03. The van der Waals surface area contributed by atoms with Gasteiger partial charge in [-0.25, -0.2) is 0 Å². The monoisotopic (exact) mass is 429 g/mol. The lowest BCUT2D eigenvalue weighted by Crippen LogP contribution is -2.27. The topological polar surface area (TPSA) is 55.9 Å². The molecular weight excluding hydrogens is 390 g/mol. The molecule has 0 saturated heterocycles. The van der Waals surface area contributed by atoms with E-state index in [1.807, 2.05) is 6.07 Å². The normalized spacial score (nSPS) is 15.7. The van der Waals surface area contributed by atoms with Crippen molar-refractivity contribution in [2.24, 2.45) is 5.92 Å². The predicted molar refractivity (Wildman–Crippen MR) is 128 cm³/mol. The minimum atomic E-state index is 0.348. The van der Waals surface area contributed by atoms with Gasteiger partial charge in [-0.15, -0.1) is 0 Å². The minimum absolute atomic E-state index is 0.348. The number of rotatable bonds is 12. The van der Waals surface area contributed by atoms with E-state index in [0.717, 1.165) is 61.5 Å². The van der Waals surface area contributed by atoms with Crippen molar-refractivity contribution < 1.29 is 14.2 Å². The predicted octanol–water partition coefficient (Wildman–Crippen LogP) is 4.54. The highest BCUT2D eigenvalue weighted by Gasteiger charge is 2.25. The Bertz CT molecular complexity index is 865. The molecule has 0 bridgehead atoms. The molecule has 0 aliphatic heterocycles. The number of pyridine rings is 1.